The van der Waals surface area contributed by atoms with Gasteiger partial charge in [-0.25, -0.2) is 9.98 Å². The molecule has 3 heterocycles. The molecule has 3 aliphatic heterocycles. The van der Waals surface area contributed by atoms with Gasteiger partial charge in [-0.15, -0.1) is 0 Å². The molecule has 0 fully saturated rings. The van der Waals surface area contributed by atoms with Crippen LogP contribution in [0, 0.1) is 5.92 Å². The molecule has 29 heavy (non-hydrogen) atoms. The molecule has 1 aromatic rings. The van der Waals surface area contributed by atoms with Gasteiger partial charge in [-0.1, -0.05) is 41.0 Å². The molecule has 0 saturated carbocycles. The van der Waals surface area contributed by atoms with Crippen LogP contribution in [-0.4, -0.2) is 40.8 Å². The Hall–Kier alpha value is -1.74. The van der Waals surface area contributed by atoms with Crippen molar-refractivity contribution in [1.29, 1.82) is 0 Å². The maximum absolute atomic E-state index is 12.6. The molecule has 10 heteroatoms. The van der Waals surface area contributed by atoms with Crippen molar-refractivity contribution < 1.29 is 14.6 Å². The number of benzene rings is 1. The van der Waals surface area contributed by atoms with Crippen molar-refractivity contribution in [3.8, 4) is 5.75 Å². The van der Waals surface area contributed by atoms with Crippen molar-refractivity contribution in [3.05, 3.63) is 38.2 Å². The minimum atomic E-state index is -1.00. The van der Waals surface area contributed by atoms with E-state index in [4.69, 9.17) is 33.7 Å². The van der Waals surface area contributed by atoms with Crippen molar-refractivity contribution in [2.75, 3.05) is 13.2 Å². The normalized spacial score (nSPS) is 22.9. The van der Waals surface area contributed by atoms with Crippen LogP contribution in [0.1, 0.15) is 31.0 Å². The zero-order valence-electron chi connectivity index (χ0n) is 15.8. The highest BCUT2D eigenvalue weighted by molar-refractivity contribution is 8.18. The minimum absolute atomic E-state index is 0.136. The average molecular weight is 455 g/mol. The molecule has 0 bridgehead atoms. The van der Waals surface area contributed by atoms with E-state index in [1.807, 2.05) is 6.08 Å². The first-order valence-corrected chi connectivity index (χ1v) is 10.7. The molecule has 0 aliphatic carbocycles. The number of rotatable bonds is 4. The van der Waals surface area contributed by atoms with Gasteiger partial charge in [-0.05, 0) is 19.9 Å². The van der Waals surface area contributed by atoms with Crippen LogP contribution in [0.2, 0.25) is 10.0 Å². The first-order chi connectivity index (χ1) is 13.6. The maximum atomic E-state index is 12.6. The molecular formula is C19H20Cl2N4O3S. The maximum Gasteiger partial charge on any atom is 0.257 e. The Morgan fingerprint density at radius 3 is 2.93 bits per heavy atom. The van der Waals surface area contributed by atoms with Gasteiger partial charge in [-0.3, -0.25) is 4.79 Å². The summed E-state index contributed by atoms with van der Waals surface area (Å²) in [5.41, 5.74) is 6.69. The number of nitrogens with one attached hydrogen (secondary N) is 1. The number of aliphatic imine (C=N–C) groups is 2. The first-order valence-electron chi connectivity index (χ1n) is 9.10. The van der Waals surface area contributed by atoms with E-state index in [1.54, 1.807) is 19.9 Å². The molecule has 7 nitrogen and oxygen atoms in total. The number of nitrogens with zero attached hydrogens (tertiary/aromatic N) is 2. The van der Waals surface area contributed by atoms with Crippen LogP contribution in [0.3, 0.4) is 0 Å². The highest BCUT2D eigenvalue weighted by Crippen LogP contribution is 2.49. The Balaban J connectivity index is 1.68. The van der Waals surface area contributed by atoms with Gasteiger partial charge in [0.05, 0.1) is 39.1 Å². The number of hydrogen-bond donors (Lipinski definition) is 3. The number of fused-ring (bicyclic) bond motifs is 2. The van der Waals surface area contributed by atoms with E-state index in [2.05, 4.69) is 15.3 Å². The number of carbonyl (C=O) groups is 1. The van der Waals surface area contributed by atoms with Crippen LogP contribution < -0.4 is 15.8 Å². The van der Waals surface area contributed by atoms with Crippen LogP contribution in [-0.2, 0) is 11.2 Å². The van der Waals surface area contributed by atoms with E-state index in [0.29, 0.717) is 38.8 Å². The molecule has 154 valence electrons. The van der Waals surface area contributed by atoms with Crippen LogP contribution in [0.4, 0.5) is 0 Å². The molecule has 1 amide bonds. The summed E-state index contributed by atoms with van der Waals surface area (Å²) in [4.78, 5) is 21.9. The zero-order chi connectivity index (χ0) is 20.9. The van der Waals surface area contributed by atoms with Crippen LogP contribution in [0.15, 0.2) is 27.0 Å². The SMILES string of the molecule is CC(C)(O)CNC(=O)C1=CC2C(=NC(N)=NC2c2c(Cl)cc(Cl)c3c2CCO3)S1. The number of amides is 1. The largest absolute Gasteiger partial charge is 0.491 e. The van der Waals surface area contributed by atoms with Crippen LogP contribution >= 0.6 is 35.0 Å². The lowest BCUT2D eigenvalue weighted by atomic mass is 9.88. The smallest absolute Gasteiger partial charge is 0.257 e. The van der Waals surface area contributed by atoms with E-state index in [-0.39, 0.29) is 24.3 Å². The summed E-state index contributed by atoms with van der Waals surface area (Å²) in [6.45, 7) is 3.91. The van der Waals surface area contributed by atoms with Gasteiger partial charge >= 0.3 is 0 Å². The van der Waals surface area contributed by atoms with Gasteiger partial charge in [0.1, 0.15) is 5.75 Å². The topological polar surface area (TPSA) is 109 Å². The Morgan fingerprint density at radius 2 is 2.21 bits per heavy atom. The summed E-state index contributed by atoms with van der Waals surface area (Å²) >= 11 is 14.1. The first kappa shape index (κ1) is 20.5. The van der Waals surface area contributed by atoms with E-state index in [0.717, 1.165) is 11.1 Å². The number of carbonyl (C=O) groups excluding carboxylic acids is 1. The Kier molecular flexibility index (Phi) is 5.31. The monoisotopic (exact) mass is 454 g/mol. The minimum Gasteiger partial charge on any atom is -0.491 e. The predicted molar refractivity (Wildman–Crippen MR) is 116 cm³/mol. The lowest BCUT2D eigenvalue weighted by Crippen LogP contribution is -2.38. The van der Waals surface area contributed by atoms with Gasteiger partial charge in [0, 0.05) is 29.1 Å². The Morgan fingerprint density at radius 1 is 1.45 bits per heavy atom. The number of hydrogen-bond acceptors (Lipinski definition) is 7. The van der Waals surface area contributed by atoms with Crippen LogP contribution in [0.5, 0.6) is 5.75 Å². The highest BCUT2D eigenvalue weighted by Gasteiger charge is 2.40. The summed E-state index contributed by atoms with van der Waals surface area (Å²) in [5, 5.41) is 14.2. The standard InChI is InChI=1S/C19H20Cl2N4O3S/c1-19(2,27)7-23-16(26)12-5-9-14(24-18(22)25-17(9)29-12)13-8-3-4-28-15(8)11(21)6-10(13)20/h5-6,9,14,27H,3-4,7H2,1-2H3,(H2,22,24)(H,23,26). The molecule has 0 aromatic heterocycles. The molecule has 3 aliphatic rings. The van der Waals surface area contributed by atoms with Gasteiger partial charge in [0.2, 0.25) is 5.96 Å². The number of thioether (sulfide) groups is 1. The van der Waals surface area contributed by atoms with Crippen LogP contribution in [0.25, 0.3) is 0 Å². The second-order valence-corrected chi connectivity index (χ2v) is 9.57. The third-order valence-electron chi connectivity index (χ3n) is 4.79. The fourth-order valence-corrected chi connectivity index (χ4v) is 5.28. The molecule has 0 spiro atoms. The summed E-state index contributed by atoms with van der Waals surface area (Å²) < 4.78 is 5.67. The molecule has 4 N–H and O–H groups in total. The lowest BCUT2D eigenvalue weighted by molar-refractivity contribution is -0.117. The number of ether oxygens (including phenoxy) is 1. The molecule has 4 rings (SSSR count). The number of nitrogens with two attached hydrogens (primary N) is 1. The van der Waals surface area contributed by atoms with Crippen molar-refractivity contribution >= 4 is 51.9 Å². The molecule has 2 atom stereocenters. The fourth-order valence-electron chi connectivity index (χ4n) is 3.53. The average Bonchev–Trinajstić information content (AvgIpc) is 3.26. The summed E-state index contributed by atoms with van der Waals surface area (Å²) in [5.74, 6) is 0.224. The Labute approximate surface area is 182 Å². The highest BCUT2D eigenvalue weighted by atomic mass is 35.5. The second kappa shape index (κ2) is 7.50. The van der Waals surface area contributed by atoms with Crippen molar-refractivity contribution in [2.24, 2.45) is 21.6 Å². The quantitative estimate of drug-likeness (QED) is 0.647. The van der Waals surface area contributed by atoms with E-state index < -0.39 is 11.6 Å². The van der Waals surface area contributed by atoms with Crippen molar-refractivity contribution in [1.82, 2.24) is 5.32 Å². The zero-order valence-corrected chi connectivity index (χ0v) is 18.2. The van der Waals surface area contributed by atoms with Crippen molar-refractivity contribution in [2.45, 2.75) is 31.9 Å². The third-order valence-corrected chi connectivity index (χ3v) is 6.50. The predicted octanol–water partition coefficient (Wildman–Crippen LogP) is 2.83. The second-order valence-electron chi connectivity index (χ2n) is 7.70. The third kappa shape index (κ3) is 3.99. The summed E-state index contributed by atoms with van der Waals surface area (Å²) in [6.07, 6.45) is 2.50. The van der Waals surface area contributed by atoms with Gasteiger partial charge < -0.3 is 20.9 Å². The number of guanidine groups is 1. The molecule has 0 radical (unpaired) electrons. The number of aliphatic hydroxyl groups is 1. The lowest BCUT2D eigenvalue weighted by Gasteiger charge is -2.25. The molecule has 2 unspecified atom stereocenters. The Bertz CT molecular complexity index is 985. The van der Waals surface area contributed by atoms with Gasteiger partial charge in [0.25, 0.3) is 5.91 Å². The summed E-state index contributed by atoms with van der Waals surface area (Å²) in [6, 6.07) is 1.23. The van der Waals surface area contributed by atoms with E-state index in [9.17, 15) is 9.90 Å². The van der Waals surface area contributed by atoms with E-state index >= 15 is 0 Å². The van der Waals surface area contributed by atoms with Crippen molar-refractivity contribution in [3.63, 3.8) is 0 Å². The van der Waals surface area contributed by atoms with Gasteiger partial charge in [-0.2, -0.15) is 0 Å². The van der Waals surface area contributed by atoms with E-state index in [1.165, 1.54) is 11.8 Å². The molecule has 0 saturated heterocycles. The van der Waals surface area contributed by atoms with Gasteiger partial charge in [0.15, 0.2) is 0 Å². The summed E-state index contributed by atoms with van der Waals surface area (Å²) in [7, 11) is 0. The fraction of sp³-hybridized carbons (Fsp3) is 0.421. The number of halogens is 2. The molecule has 1 aromatic carbocycles. The molecular weight excluding hydrogens is 435 g/mol.